The third kappa shape index (κ3) is 3.85. The molecule has 2 aliphatic rings. The topological polar surface area (TPSA) is 41.1 Å². The monoisotopic (exact) mass is 286 g/mol. The van der Waals surface area contributed by atoms with E-state index in [1.165, 1.54) is 18.4 Å². The smallest absolute Gasteiger partial charge is 0.220 e. The van der Waals surface area contributed by atoms with Crippen LogP contribution in [-0.2, 0) is 11.2 Å². The maximum absolute atomic E-state index is 12.3. The molecule has 1 saturated carbocycles. The highest BCUT2D eigenvalue weighted by atomic mass is 16.1. The van der Waals surface area contributed by atoms with Crippen LogP contribution in [0.1, 0.15) is 44.1 Å². The number of nitrogens with one attached hydrogen (secondary N) is 2. The highest BCUT2D eigenvalue weighted by Gasteiger charge is 2.38. The molecule has 0 radical (unpaired) electrons. The SMILES string of the molecule is O=C(CCC1CCNC1)NC1(Cc2ccccc2)CCC1. The van der Waals surface area contributed by atoms with Crippen LogP contribution in [0.4, 0.5) is 0 Å². The van der Waals surface area contributed by atoms with Crippen molar-refractivity contribution in [3.8, 4) is 0 Å². The number of hydrogen-bond acceptors (Lipinski definition) is 2. The predicted molar refractivity (Wildman–Crippen MR) is 85.1 cm³/mol. The van der Waals surface area contributed by atoms with Gasteiger partial charge in [-0.3, -0.25) is 4.79 Å². The highest BCUT2D eigenvalue weighted by Crippen LogP contribution is 2.35. The van der Waals surface area contributed by atoms with Gasteiger partial charge in [-0.2, -0.15) is 0 Å². The number of rotatable bonds is 6. The number of carbonyl (C=O) groups is 1. The third-order valence-electron chi connectivity index (χ3n) is 5.04. The molecule has 1 aliphatic carbocycles. The minimum absolute atomic E-state index is 0.0341. The zero-order valence-electron chi connectivity index (χ0n) is 12.7. The van der Waals surface area contributed by atoms with Gasteiger partial charge in [0.15, 0.2) is 0 Å². The van der Waals surface area contributed by atoms with Crippen LogP contribution in [-0.4, -0.2) is 24.5 Å². The quantitative estimate of drug-likeness (QED) is 0.844. The number of hydrogen-bond donors (Lipinski definition) is 2. The molecule has 114 valence electrons. The van der Waals surface area contributed by atoms with Crippen molar-refractivity contribution < 1.29 is 4.79 Å². The van der Waals surface area contributed by atoms with E-state index in [9.17, 15) is 4.79 Å². The Kier molecular flexibility index (Phi) is 4.59. The normalized spacial score (nSPS) is 23.5. The van der Waals surface area contributed by atoms with E-state index in [1.54, 1.807) is 0 Å². The van der Waals surface area contributed by atoms with E-state index in [0.717, 1.165) is 38.8 Å². The van der Waals surface area contributed by atoms with Crippen LogP contribution < -0.4 is 10.6 Å². The molecule has 2 N–H and O–H groups in total. The summed E-state index contributed by atoms with van der Waals surface area (Å²) in [5, 5.41) is 6.71. The third-order valence-corrected chi connectivity index (χ3v) is 5.04. The number of amides is 1. The summed E-state index contributed by atoms with van der Waals surface area (Å²) < 4.78 is 0. The van der Waals surface area contributed by atoms with Crippen LogP contribution in [0.3, 0.4) is 0 Å². The molecule has 1 amide bonds. The number of benzene rings is 1. The van der Waals surface area contributed by atoms with Crippen molar-refractivity contribution >= 4 is 5.91 Å². The Morgan fingerprint density at radius 3 is 2.71 bits per heavy atom. The molecule has 1 aromatic rings. The molecule has 3 rings (SSSR count). The highest BCUT2D eigenvalue weighted by molar-refractivity contribution is 5.77. The van der Waals surface area contributed by atoms with Crippen molar-refractivity contribution in [3.63, 3.8) is 0 Å². The largest absolute Gasteiger partial charge is 0.350 e. The lowest BCUT2D eigenvalue weighted by Crippen LogP contribution is -2.55. The summed E-state index contributed by atoms with van der Waals surface area (Å²) in [5.74, 6) is 0.944. The van der Waals surface area contributed by atoms with E-state index in [-0.39, 0.29) is 11.4 Å². The van der Waals surface area contributed by atoms with E-state index >= 15 is 0 Å². The van der Waals surface area contributed by atoms with Crippen LogP contribution in [0.2, 0.25) is 0 Å². The standard InChI is InChI=1S/C18H26N2O/c21-17(8-7-16-9-12-19-14-16)20-18(10-4-11-18)13-15-5-2-1-3-6-15/h1-3,5-6,16,19H,4,7-14H2,(H,20,21). The van der Waals surface area contributed by atoms with Crippen molar-refractivity contribution in [2.75, 3.05) is 13.1 Å². The van der Waals surface area contributed by atoms with Crippen molar-refractivity contribution in [1.29, 1.82) is 0 Å². The maximum Gasteiger partial charge on any atom is 0.220 e. The average Bonchev–Trinajstić information content (AvgIpc) is 2.97. The number of carbonyl (C=O) groups excluding carboxylic acids is 1. The van der Waals surface area contributed by atoms with E-state index < -0.39 is 0 Å². The molecule has 1 unspecified atom stereocenters. The molecular formula is C18H26N2O. The molecule has 3 nitrogen and oxygen atoms in total. The average molecular weight is 286 g/mol. The second kappa shape index (κ2) is 6.61. The fourth-order valence-corrected chi connectivity index (χ4v) is 3.59. The second-order valence-corrected chi connectivity index (χ2v) is 6.74. The Hall–Kier alpha value is -1.35. The summed E-state index contributed by atoms with van der Waals surface area (Å²) in [6.07, 6.45) is 7.40. The summed E-state index contributed by atoms with van der Waals surface area (Å²) in [6, 6.07) is 10.5. The van der Waals surface area contributed by atoms with Gasteiger partial charge in [-0.25, -0.2) is 0 Å². The van der Waals surface area contributed by atoms with Crippen molar-refractivity contribution in [1.82, 2.24) is 10.6 Å². The fourth-order valence-electron chi connectivity index (χ4n) is 3.59. The first-order valence-electron chi connectivity index (χ1n) is 8.31. The molecule has 21 heavy (non-hydrogen) atoms. The van der Waals surface area contributed by atoms with E-state index in [2.05, 4.69) is 34.9 Å². The zero-order chi connectivity index (χ0) is 14.5. The molecule has 1 heterocycles. The van der Waals surface area contributed by atoms with Gasteiger partial charge in [0.1, 0.15) is 0 Å². The van der Waals surface area contributed by atoms with Crippen molar-refractivity contribution in [2.24, 2.45) is 5.92 Å². The van der Waals surface area contributed by atoms with Crippen LogP contribution in [0, 0.1) is 5.92 Å². The van der Waals surface area contributed by atoms with E-state index in [4.69, 9.17) is 0 Å². The summed E-state index contributed by atoms with van der Waals surface area (Å²) in [4.78, 5) is 12.3. The molecule has 0 spiro atoms. The first-order valence-corrected chi connectivity index (χ1v) is 8.31. The van der Waals surface area contributed by atoms with E-state index in [1.807, 2.05) is 6.07 Å². The molecular weight excluding hydrogens is 260 g/mol. The molecule has 1 saturated heterocycles. The van der Waals surface area contributed by atoms with Gasteiger partial charge in [-0.15, -0.1) is 0 Å². The van der Waals surface area contributed by atoms with Crippen molar-refractivity contribution in [3.05, 3.63) is 35.9 Å². The van der Waals surface area contributed by atoms with E-state index in [0.29, 0.717) is 12.3 Å². The van der Waals surface area contributed by atoms with Gasteiger partial charge in [0.2, 0.25) is 5.91 Å². The Labute approximate surface area is 127 Å². The van der Waals surface area contributed by atoms with Gasteiger partial charge in [-0.1, -0.05) is 30.3 Å². The van der Waals surface area contributed by atoms with Gasteiger partial charge in [0.05, 0.1) is 0 Å². The first kappa shape index (κ1) is 14.6. The Morgan fingerprint density at radius 1 is 1.29 bits per heavy atom. The van der Waals surface area contributed by atoms with Crippen LogP contribution in [0.15, 0.2) is 30.3 Å². The molecule has 1 atom stereocenters. The summed E-state index contributed by atoms with van der Waals surface area (Å²) in [5.41, 5.74) is 1.37. The predicted octanol–water partition coefficient (Wildman–Crippen LogP) is 2.66. The van der Waals surface area contributed by atoms with Crippen LogP contribution in [0.25, 0.3) is 0 Å². The minimum atomic E-state index is 0.0341. The lowest BCUT2D eigenvalue weighted by Gasteiger charge is -2.43. The molecule has 0 bridgehead atoms. The van der Waals surface area contributed by atoms with Crippen LogP contribution in [0.5, 0.6) is 0 Å². The van der Waals surface area contributed by atoms with Crippen molar-refractivity contribution in [2.45, 2.75) is 50.5 Å². The van der Waals surface area contributed by atoms with Gasteiger partial charge in [0, 0.05) is 12.0 Å². The molecule has 0 aromatic heterocycles. The Morgan fingerprint density at radius 2 is 2.10 bits per heavy atom. The molecule has 3 heteroatoms. The lowest BCUT2D eigenvalue weighted by molar-refractivity contribution is -0.124. The van der Waals surface area contributed by atoms with Gasteiger partial charge >= 0.3 is 0 Å². The minimum Gasteiger partial charge on any atom is -0.350 e. The Balaban J connectivity index is 1.50. The second-order valence-electron chi connectivity index (χ2n) is 6.74. The lowest BCUT2D eigenvalue weighted by atomic mass is 9.72. The molecule has 1 aliphatic heterocycles. The van der Waals surface area contributed by atoms with Gasteiger partial charge in [0.25, 0.3) is 0 Å². The maximum atomic E-state index is 12.3. The first-order chi connectivity index (χ1) is 10.3. The summed E-state index contributed by atoms with van der Waals surface area (Å²) in [6.45, 7) is 2.20. The zero-order valence-corrected chi connectivity index (χ0v) is 12.7. The summed E-state index contributed by atoms with van der Waals surface area (Å²) in [7, 11) is 0. The Bertz CT molecular complexity index is 461. The van der Waals surface area contributed by atoms with Gasteiger partial charge < -0.3 is 10.6 Å². The summed E-state index contributed by atoms with van der Waals surface area (Å²) >= 11 is 0. The fraction of sp³-hybridized carbons (Fsp3) is 0.611. The van der Waals surface area contributed by atoms with Gasteiger partial charge in [-0.05, 0) is 63.1 Å². The van der Waals surface area contributed by atoms with Crippen LogP contribution >= 0.6 is 0 Å². The molecule has 2 fully saturated rings. The molecule has 1 aromatic carbocycles.